The molecule has 8 nitrogen and oxygen atoms in total. The zero-order chi connectivity index (χ0) is 11.1. The summed E-state index contributed by atoms with van der Waals surface area (Å²) in [6, 6.07) is 0. The lowest BCUT2D eigenvalue weighted by atomic mass is 10.1. The summed E-state index contributed by atoms with van der Waals surface area (Å²) >= 11 is 0. The molecule has 0 spiro atoms. The van der Waals surface area contributed by atoms with Crippen molar-refractivity contribution < 1.29 is 39.5 Å². The summed E-state index contributed by atoms with van der Waals surface area (Å²) in [7, 11) is -5.16. The second kappa shape index (κ2) is 3.51. The predicted octanol–water partition coefficient (Wildman–Crippen LogP) is -3.08. The van der Waals surface area contributed by atoms with Crippen molar-refractivity contribution >= 4 is 7.60 Å². The number of ether oxygens (including phenoxy) is 1. The van der Waals surface area contributed by atoms with Crippen LogP contribution in [0.2, 0.25) is 0 Å². The Balaban J connectivity index is 2.99. The molecule has 0 unspecified atom stereocenters. The van der Waals surface area contributed by atoms with Crippen LogP contribution in [0.3, 0.4) is 0 Å². The van der Waals surface area contributed by atoms with Crippen molar-refractivity contribution in [3.05, 3.63) is 0 Å². The molecule has 1 fully saturated rings. The molecule has 1 rings (SSSR count). The summed E-state index contributed by atoms with van der Waals surface area (Å²) in [4.78, 5) is 17.3. The van der Waals surface area contributed by atoms with Crippen LogP contribution in [0.1, 0.15) is 0 Å². The van der Waals surface area contributed by atoms with Gasteiger partial charge in [0.15, 0.2) is 0 Å². The second-order valence-electron chi connectivity index (χ2n) is 2.98. The molecule has 4 atom stereocenters. The SMILES string of the molecule is O=P(O)(O)[C@]1(O)O[C@H](CO)[C@@H](O)[C@H]1O. The largest absolute Gasteiger partial charge is 0.394 e. The molecule has 1 aliphatic heterocycles. The zero-order valence-corrected chi connectivity index (χ0v) is 7.78. The van der Waals surface area contributed by atoms with Gasteiger partial charge in [-0.1, -0.05) is 0 Å². The molecule has 0 bridgehead atoms. The molecular formula is C5H11O8P. The fourth-order valence-electron chi connectivity index (χ4n) is 1.17. The Bertz CT molecular complexity index is 262. The van der Waals surface area contributed by atoms with Crippen LogP contribution in [0.4, 0.5) is 0 Å². The van der Waals surface area contributed by atoms with Crippen LogP contribution in [0.15, 0.2) is 0 Å². The fourth-order valence-corrected chi connectivity index (χ4v) is 1.94. The van der Waals surface area contributed by atoms with Gasteiger partial charge < -0.3 is 34.9 Å². The van der Waals surface area contributed by atoms with Gasteiger partial charge in [0.25, 0.3) is 5.53 Å². The normalized spacial score (nSPS) is 44.3. The van der Waals surface area contributed by atoms with Gasteiger partial charge in [-0.3, -0.25) is 4.57 Å². The molecule has 1 aliphatic rings. The Morgan fingerprint density at radius 3 is 2.07 bits per heavy atom. The molecule has 0 aliphatic carbocycles. The highest BCUT2D eigenvalue weighted by molar-refractivity contribution is 7.53. The Labute approximate surface area is 78.5 Å². The lowest BCUT2D eigenvalue weighted by Gasteiger charge is -2.25. The molecule has 0 saturated carbocycles. The predicted molar refractivity (Wildman–Crippen MR) is 41.0 cm³/mol. The average Bonchev–Trinajstić information content (AvgIpc) is 2.29. The molecule has 0 aromatic heterocycles. The van der Waals surface area contributed by atoms with Crippen molar-refractivity contribution in [1.82, 2.24) is 0 Å². The van der Waals surface area contributed by atoms with Crippen LogP contribution in [0, 0.1) is 0 Å². The Kier molecular flexibility index (Phi) is 3.01. The summed E-state index contributed by atoms with van der Waals surface area (Å²) < 4.78 is 15.1. The zero-order valence-electron chi connectivity index (χ0n) is 6.89. The van der Waals surface area contributed by atoms with Gasteiger partial charge in [-0.2, -0.15) is 0 Å². The monoisotopic (exact) mass is 230 g/mol. The molecule has 0 aromatic rings. The summed E-state index contributed by atoms with van der Waals surface area (Å²) in [6.45, 7) is -0.777. The molecule has 84 valence electrons. The minimum Gasteiger partial charge on any atom is -0.394 e. The maximum absolute atomic E-state index is 10.7. The first kappa shape index (κ1) is 12.0. The van der Waals surface area contributed by atoms with E-state index in [4.69, 9.17) is 25.1 Å². The van der Waals surface area contributed by atoms with E-state index in [0.29, 0.717) is 0 Å². The summed E-state index contributed by atoms with van der Waals surface area (Å²) in [6.07, 6.45) is -5.35. The molecule has 1 heterocycles. The lowest BCUT2D eigenvalue weighted by molar-refractivity contribution is -0.181. The highest BCUT2D eigenvalue weighted by atomic mass is 31.2. The van der Waals surface area contributed by atoms with E-state index in [0.717, 1.165) is 0 Å². The van der Waals surface area contributed by atoms with Crippen molar-refractivity contribution in [2.45, 2.75) is 23.8 Å². The van der Waals surface area contributed by atoms with Crippen LogP contribution in [-0.2, 0) is 9.30 Å². The van der Waals surface area contributed by atoms with Gasteiger partial charge in [-0.15, -0.1) is 0 Å². The lowest BCUT2D eigenvalue weighted by Crippen LogP contribution is -2.42. The number of rotatable bonds is 2. The average molecular weight is 230 g/mol. The van der Waals surface area contributed by atoms with E-state index in [1.165, 1.54) is 0 Å². The van der Waals surface area contributed by atoms with Crippen molar-refractivity contribution in [2.75, 3.05) is 6.61 Å². The van der Waals surface area contributed by atoms with Crippen molar-refractivity contribution in [3.63, 3.8) is 0 Å². The van der Waals surface area contributed by atoms with Gasteiger partial charge in [0.1, 0.15) is 18.3 Å². The van der Waals surface area contributed by atoms with Crippen LogP contribution >= 0.6 is 7.60 Å². The van der Waals surface area contributed by atoms with Gasteiger partial charge in [0, 0.05) is 0 Å². The molecule has 0 radical (unpaired) electrons. The third-order valence-corrected chi connectivity index (χ3v) is 3.22. The molecule has 6 N–H and O–H groups in total. The molecule has 1 saturated heterocycles. The van der Waals surface area contributed by atoms with E-state index < -0.39 is 38.0 Å². The van der Waals surface area contributed by atoms with Crippen LogP contribution < -0.4 is 0 Å². The maximum atomic E-state index is 10.7. The van der Waals surface area contributed by atoms with Crippen molar-refractivity contribution in [3.8, 4) is 0 Å². The Morgan fingerprint density at radius 1 is 1.36 bits per heavy atom. The first-order valence-electron chi connectivity index (χ1n) is 3.67. The minimum atomic E-state index is -5.16. The van der Waals surface area contributed by atoms with E-state index in [-0.39, 0.29) is 0 Å². The smallest absolute Gasteiger partial charge is 0.387 e. The van der Waals surface area contributed by atoms with Gasteiger partial charge in [-0.25, -0.2) is 0 Å². The highest BCUT2D eigenvalue weighted by Crippen LogP contribution is 2.55. The quantitative estimate of drug-likeness (QED) is 0.274. The molecule has 14 heavy (non-hydrogen) atoms. The van der Waals surface area contributed by atoms with E-state index in [1.807, 2.05) is 0 Å². The first-order chi connectivity index (χ1) is 6.24. The van der Waals surface area contributed by atoms with Gasteiger partial charge >= 0.3 is 7.60 Å². The maximum Gasteiger partial charge on any atom is 0.387 e. The van der Waals surface area contributed by atoms with Gasteiger partial charge in [0.05, 0.1) is 6.61 Å². The summed E-state index contributed by atoms with van der Waals surface area (Å²) in [5, 5.41) is 36.1. The molecule has 9 heteroatoms. The van der Waals surface area contributed by atoms with E-state index in [2.05, 4.69) is 4.74 Å². The number of hydrogen-bond acceptors (Lipinski definition) is 6. The van der Waals surface area contributed by atoms with Crippen LogP contribution in [0.25, 0.3) is 0 Å². The van der Waals surface area contributed by atoms with Gasteiger partial charge in [-0.05, 0) is 0 Å². The topological polar surface area (TPSA) is 148 Å². The van der Waals surface area contributed by atoms with Crippen LogP contribution in [0.5, 0.6) is 0 Å². The molecular weight excluding hydrogens is 219 g/mol. The fraction of sp³-hybridized carbons (Fsp3) is 1.00. The minimum absolute atomic E-state index is 0.777. The summed E-state index contributed by atoms with van der Waals surface area (Å²) in [5.41, 5.74) is -3.15. The van der Waals surface area contributed by atoms with E-state index in [9.17, 15) is 9.67 Å². The van der Waals surface area contributed by atoms with Gasteiger partial charge in [0.2, 0.25) is 0 Å². The first-order valence-corrected chi connectivity index (χ1v) is 5.28. The summed E-state index contributed by atoms with van der Waals surface area (Å²) in [5.74, 6) is 0. The third-order valence-electron chi connectivity index (χ3n) is 2.01. The van der Waals surface area contributed by atoms with E-state index >= 15 is 0 Å². The van der Waals surface area contributed by atoms with Crippen molar-refractivity contribution in [2.24, 2.45) is 0 Å². The number of aliphatic hydroxyl groups is 4. The standard InChI is InChI=1S/C5H11O8P/c6-1-2-3(7)4(8)5(9,13-2)14(10,11)12/h2-4,6-9H,1H2,(H2,10,11,12)/t2-,3-,4-,5-/m1/s1. The van der Waals surface area contributed by atoms with Crippen LogP contribution in [-0.4, -0.2) is 60.7 Å². The van der Waals surface area contributed by atoms with Crippen molar-refractivity contribution in [1.29, 1.82) is 0 Å². The molecule has 0 amide bonds. The number of hydrogen-bond donors (Lipinski definition) is 6. The third kappa shape index (κ3) is 1.60. The second-order valence-corrected chi connectivity index (χ2v) is 4.71. The Morgan fingerprint density at radius 2 is 1.86 bits per heavy atom. The Hall–Kier alpha value is -0.0500. The van der Waals surface area contributed by atoms with E-state index in [1.54, 1.807) is 0 Å². The molecule has 0 aromatic carbocycles. The highest BCUT2D eigenvalue weighted by Gasteiger charge is 2.63. The number of aliphatic hydroxyl groups excluding tert-OH is 3.